The molecule has 0 unspecified atom stereocenters. The summed E-state index contributed by atoms with van der Waals surface area (Å²) in [6, 6.07) is 3.77. The van der Waals surface area contributed by atoms with Crippen LogP contribution in [-0.4, -0.2) is 18.5 Å². The monoisotopic (exact) mass is 223 g/mol. The van der Waals surface area contributed by atoms with Gasteiger partial charge < -0.3 is 0 Å². The fourth-order valence-electron chi connectivity index (χ4n) is 1.45. The second-order valence-corrected chi connectivity index (χ2v) is 3.51. The Labute approximate surface area is 91.2 Å². The van der Waals surface area contributed by atoms with Gasteiger partial charge in [0, 0.05) is 0 Å². The molecule has 1 aromatic rings. The number of urea groups is 1. The quantitative estimate of drug-likeness (QED) is 0.736. The number of carbonyl (C=O) groups is 2. The van der Waals surface area contributed by atoms with E-state index in [1.807, 2.05) is 0 Å². The summed E-state index contributed by atoms with van der Waals surface area (Å²) < 4.78 is 13.0. The summed E-state index contributed by atoms with van der Waals surface area (Å²) >= 11 is 0. The smallest absolute Gasteiger partial charge is 0.275 e. The largest absolute Gasteiger partial charge is 0.340 e. The van der Waals surface area contributed by atoms with Gasteiger partial charge in [-0.05, 0) is 30.7 Å². The van der Waals surface area contributed by atoms with Gasteiger partial charge in [0.2, 0.25) is 5.91 Å². The third-order valence-electron chi connectivity index (χ3n) is 2.24. The number of hydrogen-bond donors (Lipinski definition) is 2. The molecule has 0 bridgehead atoms. The van der Waals surface area contributed by atoms with Gasteiger partial charge >= 0.3 is 6.03 Å². The Kier molecular flexibility index (Phi) is 2.47. The van der Waals surface area contributed by atoms with Crippen LogP contribution in [0.1, 0.15) is 5.56 Å². The minimum atomic E-state index is -0.585. The van der Waals surface area contributed by atoms with Gasteiger partial charge in [-0.15, -0.1) is 0 Å². The third-order valence-corrected chi connectivity index (χ3v) is 2.24. The molecule has 1 saturated heterocycles. The molecule has 0 radical (unpaired) electrons. The Morgan fingerprint density at radius 1 is 1.38 bits per heavy atom. The lowest BCUT2D eigenvalue weighted by atomic mass is 10.2. The van der Waals surface area contributed by atoms with Gasteiger partial charge in [0.05, 0.1) is 5.69 Å². The number of aryl methyl sites for hydroxylation is 1. The van der Waals surface area contributed by atoms with Crippen LogP contribution in [0.15, 0.2) is 18.2 Å². The van der Waals surface area contributed by atoms with Crippen LogP contribution in [0.4, 0.5) is 14.9 Å². The maximum absolute atomic E-state index is 13.0. The van der Waals surface area contributed by atoms with E-state index in [2.05, 4.69) is 10.7 Å². The highest BCUT2D eigenvalue weighted by atomic mass is 19.1. The Balaban J connectivity index is 2.26. The van der Waals surface area contributed by atoms with Gasteiger partial charge in [-0.2, -0.15) is 0 Å². The number of amides is 3. The van der Waals surface area contributed by atoms with E-state index >= 15 is 0 Å². The first-order chi connectivity index (χ1) is 7.56. The molecule has 0 atom stereocenters. The van der Waals surface area contributed by atoms with Gasteiger partial charge in [-0.25, -0.2) is 14.6 Å². The molecule has 16 heavy (non-hydrogen) atoms. The molecule has 0 aliphatic carbocycles. The van der Waals surface area contributed by atoms with Crippen LogP contribution in [0.3, 0.4) is 0 Å². The van der Waals surface area contributed by atoms with E-state index in [1.165, 1.54) is 17.1 Å². The van der Waals surface area contributed by atoms with Crippen LogP contribution in [-0.2, 0) is 4.79 Å². The number of hydrazine groups is 1. The summed E-state index contributed by atoms with van der Waals surface area (Å²) in [5.74, 6) is -0.720. The lowest BCUT2D eigenvalue weighted by Crippen LogP contribution is -2.59. The summed E-state index contributed by atoms with van der Waals surface area (Å²) in [5.41, 5.74) is 3.48. The second-order valence-electron chi connectivity index (χ2n) is 3.51. The number of anilines is 1. The van der Waals surface area contributed by atoms with Gasteiger partial charge in [0.25, 0.3) is 0 Å². The highest BCUT2D eigenvalue weighted by molar-refractivity contribution is 6.00. The van der Waals surface area contributed by atoms with E-state index in [0.717, 1.165) is 0 Å². The molecule has 1 aliphatic heterocycles. The van der Waals surface area contributed by atoms with Crippen LogP contribution in [0.25, 0.3) is 0 Å². The van der Waals surface area contributed by atoms with E-state index in [9.17, 15) is 14.0 Å². The third kappa shape index (κ3) is 1.95. The average molecular weight is 223 g/mol. The first-order valence-corrected chi connectivity index (χ1v) is 4.70. The van der Waals surface area contributed by atoms with Crippen molar-refractivity contribution in [3.63, 3.8) is 0 Å². The van der Waals surface area contributed by atoms with Crippen molar-refractivity contribution in [3.05, 3.63) is 29.6 Å². The van der Waals surface area contributed by atoms with Crippen LogP contribution >= 0.6 is 0 Å². The molecule has 1 aliphatic rings. The Hall–Kier alpha value is -2.11. The van der Waals surface area contributed by atoms with Crippen LogP contribution in [0, 0.1) is 12.7 Å². The highest BCUT2D eigenvalue weighted by Gasteiger charge is 2.22. The molecule has 1 heterocycles. The average Bonchev–Trinajstić information content (AvgIpc) is 2.20. The van der Waals surface area contributed by atoms with Gasteiger partial charge in [-0.3, -0.25) is 15.1 Å². The molecule has 6 heteroatoms. The summed E-state index contributed by atoms with van der Waals surface area (Å²) in [6.45, 7) is 1.63. The molecule has 3 amide bonds. The molecular formula is C10H10FN3O2. The second kappa shape index (κ2) is 3.80. The van der Waals surface area contributed by atoms with Crippen molar-refractivity contribution in [2.75, 3.05) is 11.6 Å². The van der Waals surface area contributed by atoms with Gasteiger partial charge in [0.15, 0.2) is 0 Å². The van der Waals surface area contributed by atoms with Crippen molar-refractivity contribution in [3.8, 4) is 0 Å². The SMILES string of the molecule is Cc1cc(N2CC(=O)NC(=O)N2)ccc1F. The number of nitrogens with one attached hydrogen (secondary N) is 2. The lowest BCUT2D eigenvalue weighted by molar-refractivity contribution is -0.119. The normalized spacial score (nSPS) is 15.8. The Bertz CT molecular complexity index is 445. The molecular weight excluding hydrogens is 213 g/mol. The zero-order valence-corrected chi connectivity index (χ0v) is 8.58. The predicted molar refractivity (Wildman–Crippen MR) is 55.2 cm³/mol. The van der Waals surface area contributed by atoms with Crippen LogP contribution in [0.2, 0.25) is 0 Å². The number of halogens is 1. The fourth-order valence-corrected chi connectivity index (χ4v) is 1.45. The lowest BCUT2D eigenvalue weighted by Gasteiger charge is -2.28. The summed E-state index contributed by atoms with van der Waals surface area (Å²) in [7, 11) is 0. The standard InChI is InChI=1S/C10H10FN3O2/c1-6-4-7(2-3-8(6)11)14-5-9(15)12-10(16)13-14/h2-4H,5H2,1H3,(H2,12,13,15,16). The number of hydrogen-bond acceptors (Lipinski definition) is 3. The zero-order valence-electron chi connectivity index (χ0n) is 8.58. The maximum atomic E-state index is 13.0. The summed E-state index contributed by atoms with van der Waals surface area (Å²) in [4.78, 5) is 22.2. The summed E-state index contributed by atoms with van der Waals surface area (Å²) in [6.07, 6.45) is 0. The molecule has 1 aromatic carbocycles. The van der Waals surface area contributed by atoms with E-state index < -0.39 is 11.9 Å². The Morgan fingerprint density at radius 3 is 2.75 bits per heavy atom. The number of imide groups is 1. The number of nitrogens with zero attached hydrogens (tertiary/aromatic N) is 1. The summed E-state index contributed by atoms with van der Waals surface area (Å²) in [5, 5.41) is 3.47. The maximum Gasteiger partial charge on any atom is 0.340 e. The van der Waals surface area contributed by atoms with Gasteiger partial charge in [0.1, 0.15) is 12.4 Å². The predicted octanol–water partition coefficient (Wildman–Crippen LogP) is 0.695. The van der Waals surface area contributed by atoms with Crippen molar-refractivity contribution in [2.45, 2.75) is 6.92 Å². The van der Waals surface area contributed by atoms with E-state index in [4.69, 9.17) is 0 Å². The first kappa shape index (κ1) is 10.4. The van der Waals surface area contributed by atoms with Crippen molar-refractivity contribution in [2.24, 2.45) is 0 Å². The highest BCUT2D eigenvalue weighted by Crippen LogP contribution is 2.17. The molecule has 1 fully saturated rings. The van der Waals surface area contributed by atoms with Crippen molar-refractivity contribution in [1.29, 1.82) is 0 Å². The molecule has 0 spiro atoms. The number of rotatable bonds is 1. The minimum Gasteiger partial charge on any atom is -0.275 e. The number of benzene rings is 1. The molecule has 0 aromatic heterocycles. The van der Waals surface area contributed by atoms with Crippen LogP contribution in [0.5, 0.6) is 0 Å². The molecule has 2 rings (SSSR count). The Morgan fingerprint density at radius 2 is 2.12 bits per heavy atom. The topological polar surface area (TPSA) is 61.4 Å². The van der Waals surface area contributed by atoms with Crippen molar-refractivity contribution in [1.82, 2.24) is 10.7 Å². The minimum absolute atomic E-state index is 0.0107. The van der Waals surface area contributed by atoms with E-state index in [0.29, 0.717) is 11.3 Å². The molecule has 5 nitrogen and oxygen atoms in total. The first-order valence-electron chi connectivity index (χ1n) is 4.70. The van der Waals surface area contributed by atoms with Crippen LogP contribution < -0.4 is 15.8 Å². The van der Waals surface area contributed by atoms with Crippen molar-refractivity contribution < 1.29 is 14.0 Å². The fraction of sp³-hybridized carbons (Fsp3) is 0.200. The molecule has 0 saturated carbocycles. The zero-order chi connectivity index (χ0) is 11.7. The number of carbonyl (C=O) groups excluding carboxylic acids is 2. The molecule has 2 N–H and O–H groups in total. The van der Waals surface area contributed by atoms with Crippen molar-refractivity contribution >= 4 is 17.6 Å². The van der Waals surface area contributed by atoms with Gasteiger partial charge in [-0.1, -0.05) is 0 Å². The van der Waals surface area contributed by atoms with E-state index in [1.54, 1.807) is 13.0 Å². The van der Waals surface area contributed by atoms with E-state index in [-0.39, 0.29) is 12.4 Å². The molecule has 84 valence electrons.